The van der Waals surface area contributed by atoms with Crippen molar-refractivity contribution in [3.8, 4) is 5.75 Å². The minimum Gasteiger partial charge on any atom is -0.494 e. The smallest absolute Gasteiger partial charge is 0.255 e. The minimum atomic E-state index is -0.215. The van der Waals surface area contributed by atoms with Crippen LogP contribution in [0.3, 0.4) is 0 Å². The monoisotopic (exact) mass is 340 g/mol. The first-order valence-electron chi connectivity index (χ1n) is 8.37. The number of ether oxygens (including phenoxy) is 1. The Balaban J connectivity index is 2.02. The highest BCUT2D eigenvalue weighted by Gasteiger charge is 2.10. The summed E-state index contributed by atoms with van der Waals surface area (Å²) in [4.78, 5) is 25.8. The average Bonchev–Trinajstić information content (AvgIpc) is 2.62. The fourth-order valence-corrected chi connectivity index (χ4v) is 2.22. The summed E-state index contributed by atoms with van der Waals surface area (Å²) < 4.78 is 5.63. The molecule has 2 aromatic rings. The second-order valence-electron chi connectivity index (χ2n) is 5.96. The third kappa shape index (κ3) is 5.35. The van der Waals surface area contributed by atoms with Gasteiger partial charge in [-0.05, 0) is 48.9 Å². The van der Waals surface area contributed by atoms with E-state index in [9.17, 15) is 9.59 Å². The summed E-state index contributed by atoms with van der Waals surface area (Å²) in [6.45, 7) is 2.74. The molecule has 25 heavy (non-hydrogen) atoms. The highest BCUT2D eigenvalue weighted by molar-refractivity contribution is 6.04. The predicted octanol–water partition coefficient (Wildman–Crippen LogP) is 3.82. The lowest BCUT2D eigenvalue weighted by atomic mass is 10.1. The lowest BCUT2D eigenvalue weighted by Crippen LogP contribution is -2.21. The number of benzene rings is 2. The molecule has 1 N–H and O–H groups in total. The summed E-state index contributed by atoms with van der Waals surface area (Å²) in [5.74, 6) is 0.399. The summed E-state index contributed by atoms with van der Waals surface area (Å²) in [6, 6.07) is 13.9. The maximum Gasteiger partial charge on any atom is 0.255 e. The molecule has 2 aromatic carbocycles. The molecule has 0 aromatic heterocycles. The van der Waals surface area contributed by atoms with Crippen LogP contribution in [0.2, 0.25) is 0 Å². The van der Waals surface area contributed by atoms with Gasteiger partial charge in [0.05, 0.1) is 6.61 Å². The zero-order chi connectivity index (χ0) is 18.2. The molecule has 0 heterocycles. The van der Waals surface area contributed by atoms with E-state index >= 15 is 0 Å². The predicted molar refractivity (Wildman–Crippen MR) is 99.3 cm³/mol. The van der Waals surface area contributed by atoms with Gasteiger partial charge >= 0.3 is 0 Å². The van der Waals surface area contributed by atoms with E-state index in [1.54, 1.807) is 56.6 Å². The Morgan fingerprint density at radius 3 is 2.40 bits per heavy atom. The molecule has 5 nitrogen and oxygen atoms in total. The first-order chi connectivity index (χ1) is 12.0. The molecular formula is C20H24N2O3. The van der Waals surface area contributed by atoms with E-state index in [2.05, 4.69) is 12.2 Å². The Hall–Kier alpha value is -2.82. The number of nitrogens with one attached hydrogen (secondary N) is 1. The second-order valence-corrected chi connectivity index (χ2v) is 5.96. The molecule has 0 saturated heterocycles. The van der Waals surface area contributed by atoms with Crippen molar-refractivity contribution in [3.05, 3.63) is 59.7 Å². The summed E-state index contributed by atoms with van der Waals surface area (Å²) in [7, 11) is 3.40. The molecule has 0 fully saturated rings. The van der Waals surface area contributed by atoms with Crippen molar-refractivity contribution in [2.75, 3.05) is 26.0 Å². The van der Waals surface area contributed by atoms with Gasteiger partial charge in [-0.1, -0.05) is 19.4 Å². The minimum absolute atomic E-state index is 0.0743. The molecule has 0 unspecified atom stereocenters. The summed E-state index contributed by atoms with van der Waals surface area (Å²) >= 11 is 0. The van der Waals surface area contributed by atoms with Crippen LogP contribution in [0.25, 0.3) is 0 Å². The molecule has 0 aliphatic rings. The van der Waals surface area contributed by atoms with Crippen LogP contribution in [-0.2, 0) is 0 Å². The lowest BCUT2D eigenvalue weighted by Gasteiger charge is -2.11. The standard InChI is InChI=1S/C20H24N2O3/c1-4-5-13-25-18-8-6-7-16(14-18)19(23)21-17-11-9-15(10-12-17)20(24)22(2)3/h6-12,14H,4-5,13H2,1-3H3,(H,21,23). The zero-order valence-electron chi connectivity index (χ0n) is 14.9. The van der Waals surface area contributed by atoms with Crippen LogP contribution in [0.4, 0.5) is 5.69 Å². The van der Waals surface area contributed by atoms with Gasteiger partial charge in [-0.15, -0.1) is 0 Å². The molecule has 5 heteroatoms. The Morgan fingerprint density at radius 2 is 1.76 bits per heavy atom. The van der Waals surface area contributed by atoms with Crippen molar-refractivity contribution in [3.63, 3.8) is 0 Å². The highest BCUT2D eigenvalue weighted by atomic mass is 16.5. The van der Waals surface area contributed by atoms with Crippen molar-refractivity contribution < 1.29 is 14.3 Å². The Kier molecular flexibility index (Phi) is 6.57. The summed E-state index contributed by atoms with van der Waals surface area (Å²) in [5, 5.41) is 2.83. The van der Waals surface area contributed by atoms with Crippen molar-refractivity contribution in [1.82, 2.24) is 4.90 Å². The van der Waals surface area contributed by atoms with Gasteiger partial charge in [-0.25, -0.2) is 0 Å². The molecule has 2 amide bonds. The topological polar surface area (TPSA) is 58.6 Å². The van der Waals surface area contributed by atoms with Crippen molar-refractivity contribution in [1.29, 1.82) is 0 Å². The van der Waals surface area contributed by atoms with Gasteiger partial charge in [0.25, 0.3) is 11.8 Å². The third-order valence-electron chi connectivity index (χ3n) is 3.66. The highest BCUT2D eigenvalue weighted by Crippen LogP contribution is 2.16. The number of hydrogen-bond donors (Lipinski definition) is 1. The number of amides is 2. The molecule has 0 aliphatic heterocycles. The Bertz CT molecular complexity index is 724. The molecule has 0 bridgehead atoms. The Labute approximate surface area is 148 Å². The normalized spacial score (nSPS) is 10.2. The number of nitrogens with zero attached hydrogens (tertiary/aromatic N) is 1. The van der Waals surface area contributed by atoms with Crippen molar-refractivity contribution in [2.45, 2.75) is 19.8 Å². The van der Waals surface area contributed by atoms with E-state index in [4.69, 9.17) is 4.74 Å². The summed E-state index contributed by atoms with van der Waals surface area (Å²) in [6.07, 6.45) is 2.04. The second kappa shape index (κ2) is 8.87. The maximum absolute atomic E-state index is 12.4. The third-order valence-corrected chi connectivity index (χ3v) is 3.66. The first-order valence-corrected chi connectivity index (χ1v) is 8.37. The molecule has 0 spiro atoms. The van der Waals surface area contributed by atoms with Crippen LogP contribution in [0.15, 0.2) is 48.5 Å². The number of carbonyl (C=O) groups excluding carboxylic acids is 2. The molecule has 0 saturated carbocycles. The van der Waals surface area contributed by atoms with Gasteiger partial charge in [0.1, 0.15) is 5.75 Å². The quantitative estimate of drug-likeness (QED) is 0.780. The van der Waals surface area contributed by atoms with E-state index in [1.165, 1.54) is 4.90 Å². The maximum atomic E-state index is 12.4. The van der Waals surface area contributed by atoms with Gasteiger partial charge in [0.15, 0.2) is 0 Å². The fourth-order valence-electron chi connectivity index (χ4n) is 2.22. The van der Waals surface area contributed by atoms with Crippen LogP contribution in [0, 0.1) is 0 Å². The number of carbonyl (C=O) groups is 2. The number of unbranched alkanes of at least 4 members (excludes halogenated alkanes) is 1. The SMILES string of the molecule is CCCCOc1cccc(C(=O)Nc2ccc(C(=O)N(C)C)cc2)c1. The van der Waals surface area contributed by atoms with Crippen LogP contribution in [0.1, 0.15) is 40.5 Å². The van der Waals surface area contributed by atoms with E-state index in [1.807, 2.05) is 6.07 Å². The van der Waals surface area contributed by atoms with Crippen LogP contribution in [-0.4, -0.2) is 37.4 Å². The van der Waals surface area contributed by atoms with Gasteiger partial charge in [-0.2, -0.15) is 0 Å². The van der Waals surface area contributed by atoms with Crippen LogP contribution >= 0.6 is 0 Å². The zero-order valence-corrected chi connectivity index (χ0v) is 14.9. The van der Waals surface area contributed by atoms with Crippen LogP contribution in [0.5, 0.6) is 5.75 Å². The fraction of sp³-hybridized carbons (Fsp3) is 0.300. The summed E-state index contributed by atoms with van der Waals surface area (Å²) in [5.41, 5.74) is 1.74. The molecule has 2 rings (SSSR count). The molecule has 0 aliphatic carbocycles. The van der Waals surface area contributed by atoms with Gasteiger partial charge in [-0.3, -0.25) is 9.59 Å². The Morgan fingerprint density at radius 1 is 1.04 bits per heavy atom. The molecule has 0 radical (unpaired) electrons. The van der Waals surface area contributed by atoms with E-state index in [0.717, 1.165) is 12.8 Å². The van der Waals surface area contributed by atoms with Crippen molar-refractivity contribution >= 4 is 17.5 Å². The average molecular weight is 340 g/mol. The first kappa shape index (κ1) is 18.5. The molecule has 132 valence electrons. The number of anilines is 1. The number of hydrogen-bond acceptors (Lipinski definition) is 3. The van der Waals surface area contributed by atoms with E-state index in [0.29, 0.717) is 29.2 Å². The van der Waals surface area contributed by atoms with E-state index < -0.39 is 0 Å². The van der Waals surface area contributed by atoms with Crippen molar-refractivity contribution in [2.24, 2.45) is 0 Å². The van der Waals surface area contributed by atoms with Gasteiger partial charge in [0.2, 0.25) is 0 Å². The van der Waals surface area contributed by atoms with Gasteiger partial charge in [0, 0.05) is 30.9 Å². The number of rotatable bonds is 7. The molecular weight excluding hydrogens is 316 g/mol. The van der Waals surface area contributed by atoms with Crippen LogP contribution < -0.4 is 10.1 Å². The lowest BCUT2D eigenvalue weighted by molar-refractivity contribution is 0.0827. The van der Waals surface area contributed by atoms with E-state index in [-0.39, 0.29) is 11.8 Å². The largest absolute Gasteiger partial charge is 0.494 e. The molecule has 0 atom stereocenters. The van der Waals surface area contributed by atoms with Gasteiger partial charge < -0.3 is 15.0 Å².